The van der Waals surface area contributed by atoms with Gasteiger partial charge in [-0.25, -0.2) is 4.98 Å². The number of amides is 1. The Morgan fingerprint density at radius 2 is 2.27 bits per heavy atom. The van der Waals surface area contributed by atoms with E-state index in [1.807, 2.05) is 6.92 Å². The van der Waals surface area contributed by atoms with Crippen LogP contribution in [-0.4, -0.2) is 24.0 Å². The molecule has 0 bridgehead atoms. The van der Waals surface area contributed by atoms with Gasteiger partial charge in [-0.3, -0.25) is 4.79 Å². The summed E-state index contributed by atoms with van der Waals surface area (Å²) in [5, 5.41) is 0. The molecule has 0 saturated carbocycles. The minimum atomic E-state index is -0.537. The van der Waals surface area contributed by atoms with Crippen LogP contribution in [0.2, 0.25) is 0 Å². The number of pyridine rings is 1. The third-order valence-electron chi connectivity index (χ3n) is 1.85. The molecule has 82 valence electrons. The van der Waals surface area contributed by atoms with Gasteiger partial charge < -0.3 is 16.2 Å². The van der Waals surface area contributed by atoms with Crippen molar-refractivity contribution in [3.8, 4) is 5.88 Å². The van der Waals surface area contributed by atoms with Crippen molar-refractivity contribution < 1.29 is 9.53 Å². The van der Waals surface area contributed by atoms with Crippen LogP contribution in [0.5, 0.6) is 5.88 Å². The molecular formula is C10H15N3O2. The van der Waals surface area contributed by atoms with E-state index >= 15 is 0 Å². The summed E-state index contributed by atoms with van der Waals surface area (Å²) < 4.78 is 5.33. The van der Waals surface area contributed by atoms with E-state index in [4.69, 9.17) is 16.2 Å². The molecule has 5 heteroatoms. The molecule has 0 spiro atoms. The maximum Gasteiger partial charge on any atom is 0.254 e. The summed E-state index contributed by atoms with van der Waals surface area (Å²) >= 11 is 0. The maximum atomic E-state index is 11.0. The van der Waals surface area contributed by atoms with Crippen LogP contribution < -0.4 is 16.2 Å². The van der Waals surface area contributed by atoms with Gasteiger partial charge in [-0.1, -0.05) is 0 Å². The standard InChI is InChI=1S/C10H15N3O2/c1-7-3-4-8(9(12)14)10(13-7)15-6-2-5-11/h3-4H,2,5-6,11H2,1H3,(H2,12,14). The lowest BCUT2D eigenvalue weighted by Gasteiger charge is -2.08. The summed E-state index contributed by atoms with van der Waals surface area (Å²) in [5.41, 5.74) is 11.6. The van der Waals surface area contributed by atoms with Crippen LogP contribution >= 0.6 is 0 Å². The quantitative estimate of drug-likeness (QED) is 0.678. The van der Waals surface area contributed by atoms with Gasteiger partial charge in [-0.05, 0) is 32.0 Å². The smallest absolute Gasteiger partial charge is 0.254 e. The Morgan fingerprint density at radius 1 is 1.53 bits per heavy atom. The van der Waals surface area contributed by atoms with Crippen molar-refractivity contribution in [2.75, 3.05) is 13.2 Å². The average molecular weight is 209 g/mol. The summed E-state index contributed by atoms with van der Waals surface area (Å²) in [6, 6.07) is 3.33. The van der Waals surface area contributed by atoms with E-state index in [0.29, 0.717) is 25.1 Å². The fourth-order valence-electron chi connectivity index (χ4n) is 1.08. The van der Waals surface area contributed by atoms with E-state index in [-0.39, 0.29) is 5.88 Å². The van der Waals surface area contributed by atoms with E-state index in [1.165, 1.54) is 0 Å². The second kappa shape index (κ2) is 5.31. The zero-order chi connectivity index (χ0) is 11.3. The number of rotatable bonds is 5. The van der Waals surface area contributed by atoms with Gasteiger partial charge in [0.15, 0.2) is 0 Å². The topological polar surface area (TPSA) is 91.2 Å². The van der Waals surface area contributed by atoms with Gasteiger partial charge in [-0.15, -0.1) is 0 Å². The van der Waals surface area contributed by atoms with Gasteiger partial charge in [0.25, 0.3) is 5.91 Å². The van der Waals surface area contributed by atoms with E-state index < -0.39 is 5.91 Å². The lowest BCUT2D eigenvalue weighted by atomic mass is 10.2. The molecule has 0 aliphatic heterocycles. The number of primary amides is 1. The summed E-state index contributed by atoms with van der Waals surface area (Å²) in [6.45, 7) is 2.80. The molecule has 0 aliphatic carbocycles. The van der Waals surface area contributed by atoms with Crippen LogP contribution in [0, 0.1) is 6.92 Å². The highest BCUT2D eigenvalue weighted by atomic mass is 16.5. The van der Waals surface area contributed by atoms with Gasteiger partial charge in [0.2, 0.25) is 5.88 Å². The van der Waals surface area contributed by atoms with Crippen LogP contribution in [0.3, 0.4) is 0 Å². The predicted molar refractivity (Wildman–Crippen MR) is 56.7 cm³/mol. The molecule has 1 aromatic heterocycles. The number of carbonyl (C=O) groups is 1. The average Bonchev–Trinajstić information content (AvgIpc) is 2.18. The number of aromatic nitrogens is 1. The third kappa shape index (κ3) is 3.21. The number of nitrogens with zero attached hydrogens (tertiary/aromatic N) is 1. The van der Waals surface area contributed by atoms with Crippen LogP contribution in [0.1, 0.15) is 22.5 Å². The Bertz CT molecular complexity index is 353. The lowest BCUT2D eigenvalue weighted by Crippen LogP contribution is -2.15. The normalized spacial score (nSPS) is 10.0. The first kappa shape index (κ1) is 11.5. The number of nitrogens with two attached hydrogens (primary N) is 2. The van der Waals surface area contributed by atoms with Gasteiger partial charge in [-0.2, -0.15) is 0 Å². The molecule has 0 atom stereocenters. The Morgan fingerprint density at radius 3 is 2.87 bits per heavy atom. The molecule has 1 amide bonds. The highest BCUT2D eigenvalue weighted by Crippen LogP contribution is 2.15. The number of aryl methyl sites for hydroxylation is 1. The van der Waals surface area contributed by atoms with Crippen molar-refractivity contribution >= 4 is 5.91 Å². The molecule has 1 aromatic rings. The van der Waals surface area contributed by atoms with E-state index in [9.17, 15) is 4.79 Å². The Hall–Kier alpha value is -1.62. The molecule has 1 rings (SSSR count). The number of hydrogen-bond acceptors (Lipinski definition) is 4. The highest BCUT2D eigenvalue weighted by Gasteiger charge is 2.10. The van der Waals surface area contributed by atoms with Crippen LogP contribution in [0.4, 0.5) is 0 Å². The fraction of sp³-hybridized carbons (Fsp3) is 0.400. The Labute approximate surface area is 88.4 Å². The van der Waals surface area contributed by atoms with Crippen molar-refractivity contribution in [1.82, 2.24) is 4.98 Å². The number of ether oxygens (including phenoxy) is 1. The Kier molecular flexibility index (Phi) is 4.05. The van der Waals surface area contributed by atoms with Crippen molar-refractivity contribution in [1.29, 1.82) is 0 Å². The molecule has 5 nitrogen and oxygen atoms in total. The van der Waals surface area contributed by atoms with Crippen LogP contribution in [0.15, 0.2) is 12.1 Å². The van der Waals surface area contributed by atoms with Crippen LogP contribution in [0.25, 0.3) is 0 Å². The zero-order valence-electron chi connectivity index (χ0n) is 8.69. The van der Waals surface area contributed by atoms with Crippen LogP contribution in [-0.2, 0) is 0 Å². The summed E-state index contributed by atoms with van der Waals surface area (Å²) in [7, 11) is 0. The molecular weight excluding hydrogens is 194 g/mol. The molecule has 4 N–H and O–H groups in total. The first-order valence-corrected chi connectivity index (χ1v) is 4.75. The summed E-state index contributed by atoms with van der Waals surface area (Å²) in [5.74, 6) is -0.249. The zero-order valence-corrected chi connectivity index (χ0v) is 8.69. The third-order valence-corrected chi connectivity index (χ3v) is 1.85. The number of hydrogen-bond donors (Lipinski definition) is 2. The lowest BCUT2D eigenvalue weighted by molar-refractivity contribution is 0.0995. The van der Waals surface area contributed by atoms with E-state index in [0.717, 1.165) is 5.69 Å². The Balaban J connectivity index is 2.82. The number of carbonyl (C=O) groups excluding carboxylic acids is 1. The summed E-state index contributed by atoms with van der Waals surface area (Å²) in [4.78, 5) is 15.1. The van der Waals surface area contributed by atoms with Crippen molar-refractivity contribution in [3.63, 3.8) is 0 Å². The molecule has 0 aromatic carbocycles. The van der Waals surface area contributed by atoms with E-state index in [1.54, 1.807) is 12.1 Å². The minimum absolute atomic E-state index is 0.288. The second-order valence-electron chi connectivity index (χ2n) is 3.16. The molecule has 0 saturated heterocycles. The molecule has 1 heterocycles. The minimum Gasteiger partial charge on any atom is -0.477 e. The van der Waals surface area contributed by atoms with E-state index in [2.05, 4.69) is 4.98 Å². The molecule has 15 heavy (non-hydrogen) atoms. The molecule has 0 fully saturated rings. The first-order valence-electron chi connectivity index (χ1n) is 4.75. The maximum absolute atomic E-state index is 11.0. The second-order valence-corrected chi connectivity index (χ2v) is 3.16. The summed E-state index contributed by atoms with van der Waals surface area (Å²) in [6.07, 6.45) is 0.716. The largest absolute Gasteiger partial charge is 0.477 e. The van der Waals surface area contributed by atoms with Crippen molar-refractivity contribution in [3.05, 3.63) is 23.4 Å². The van der Waals surface area contributed by atoms with Gasteiger partial charge in [0.1, 0.15) is 5.56 Å². The monoisotopic (exact) mass is 209 g/mol. The SMILES string of the molecule is Cc1ccc(C(N)=O)c(OCCCN)n1. The van der Waals surface area contributed by atoms with Gasteiger partial charge in [0.05, 0.1) is 6.61 Å². The predicted octanol–water partition coefficient (Wildman–Crippen LogP) is 0.217. The van der Waals surface area contributed by atoms with Crippen molar-refractivity contribution in [2.24, 2.45) is 11.5 Å². The fourth-order valence-corrected chi connectivity index (χ4v) is 1.08. The molecule has 0 aliphatic rings. The highest BCUT2D eigenvalue weighted by molar-refractivity contribution is 5.95. The van der Waals surface area contributed by atoms with Crippen molar-refractivity contribution in [2.45, 2.75) is 13.3 Å². The van der Waals surface area contributed by atoms with Gasteiger partial charge >= 0.3 is 0 Å². The molecule has 0 radical (unpaired) electrons. The molecule has 0 unspecified atom stereocenters. The van der Waals surface area contributed by atoms with Gasteiger partial charge in [0, 0.05) is 5.69 Å². The first-order chi connectivity index (χ1) is 7.15.